The fourth-order valence-electron chi connectivity index (χ4n) is 4.78. The number of piperazine rings is 1. The minimum Gasteiger partial charge on any atom is -0.486 e. The largest absolute Gasteiger partial charge is 0.486 e. The molecular weight excluding hydrogens is 394 g/mol. The second kappa shape index (κ2) is 8.14. The lowest BCUT2D eigenvalue weighted by Crippen LogP contribution is -2.61. The lowest BCUT2D eigenvalue weighted by molar-refractivity contribution is 0.122. The van der Waals surface area contributed by atoms with Gasteiger partial charge in [-0.3, -0.25) is 4.90 Å². The molecule has 1 aromatic heterocycles. The smallest absolute Gasteiger partial charge is 0.143 e. The van der Waals surface area contributed by atoms with Crippen molar-refractivity contribution in [2.75, 3.05) is 80.7 Å². The summed E-state index contributed by atoms with van der Waals surface area (Å²) in [5.74, 6) is 2.62. The molecule has 164 valence electrons. The quantitative estimate of drug-likeness (QED) is 0.753. The van der Waals surface area contributed by atoms with E-state index in [2.05, 4.69) is 53.5 Å². The highest BCUT2D eigenvalue weighted by Crippen LogP contribution is 2.38. The highest BCUT2D eigenvalue weighted by molar-refractivity contribution is 5.74. The van der Waals surface area contributed by atoms with Crippen LogP contribution in [0.3, 0.4) is 0 Å². The van der Waals surface area contributed by atoms with E-state index in [1.54, 1.807) is 6.33 Å². The summed E-state index contributed by atoms with van der Waals surface area (Å²) < 4.78 is 11.7. The topological polar surface area (TPSA) is 78.0 Å². The van der Waals surface area contributed by atoms with E-state index in [0.29, 0.717) is 6.61 Å². The molecule has 0 saturated carbocycles. The van der Waals surface area contributed by atoms with E-state index in [-0.39, 0.29) is 0 Å². The molecule has 0 bridgehead atoms. The number of nitrogens with one attached hydrogen (secondary N) is 2. The molecule has 2 N–H and O–H groups in total. The van der Waals surface area contributed by atoms with Crippen LogP contribution in [0.15, 0.2) is 24.5 Å². The zero-order valence-corrected chi connectivity index (χ0v) is 17.7. The van der Waals surface area contributed by atoms with Crippen molar-refractivity contribution in [3.8, 4) is 5.75 Å². The lowest BCUT2D eigenvalue weighted by atomic mass is 10.1. The number of aromatic nitrogens is 2. The molecule has 0 amide bonds. The number of hydrogen-bond donors (Lipinski definition) is 2. The van der Waals surface area contributed by atoms with Crippen molar-refractivity contribution in [2.45, 2.75) is 12.6 Å². The molecule has 3 saturated heterocycles. The maximum atomic E-state index is 6.19. The van der Waals surface area contributed by atoms with Gasteiger partial charge in [-0.2, -0.15) is 0 Å². The van der Waals surface area contributed by atoms with Crippen LogP contribution >= 0.6 is 0 Å². The molecule has 2 aromatic rings. The third kappa shape index (κ3) is 3.66. The van der Waals surface area contributed by atoms with Gasteiger partial charge >= 0.3 is 0 Å². The normalized spacial score (nSPS) is 21.9. The Morgan fingerprint density at radius 1 is 0.935 bits per heavy atom. The van der Waals surface area contributed by atoms with Gasteiger partial charge in [0.2, 0.25) is 0 Å². The summed E-state index contributed by atoms with van der Waals surface area (Å²) in [4.78, 5) is 16.4. The first-order valence-electron chi connectivity index (χ1n) is 11.3. The SMILES string of the molecule is c1nc2c(c(N3CCOCC3)n1)COc1ccc(N3CCN(C4CNC4)CC3)cc1N2. The molecule has 4 aliphatic rings. The second-order valence-electron chi connectivity index (χ2n) is 8.55. The monoisotopic (exact) mass is 423 g/mol. The summed E-state index contributed by atoms with van der Waals surface area (Å²) in [6, 6.07) is 7.17. The molecule has 6 rings (SSSR count). The number of ether oxygens (including phenoxy) is 2. The zero-order valence-electron chi connectivity index (χ0n) is 17.7. The van der Waals surface area contributed by atoms with E-state index < -0.39 is 0 Å². The number of rotatable bonds is 3. The van der Waals surface area contributed by atoms with Crippen LogP contribution in [0.5, 0.6) is 5.75 Å². The van der Waals surface area contributed by atoms with Gasteiger partial charge in [-0.25, -0.2) is 9.97 Å². The molecule has 3 fully saturated rings. The van der Waals surface area contributed by atoms with E-state index in [9.17, 15) is 0 Å². The van der Waals surface area contributed by atoms with Gasteiger partial charge in [0.25, 0.3) is 0 Å². The number of hydrogen-bond acceptors (Lipinski definition) is 9. The van der Waals surface area contributed by atoms with Gasteiger partial charge in [0.15, 0.2) is 0 Å². The average molecular weight is 424 g/mol. The third-order valence-electron chi connectivity index (χ3n) is 6.78. The molecule has 5 heterocycles. The number of nitrogens with zero attached hydrogens (tertiary/aromatic N) is 5. The summed E-state index contributed by atoms with van der Waals surface area (Å²) in [7, 11) is 0. The van der Waals surface area contributed by atoms with Crippen molar-refractivity contribution in [3.05, 3.63) is 30.1 Å². The van der Waals surface area contributed by atoms with Crippen LogP contribution in [-0.4, -0.2) is 86.5 Å². The Kier molecular flexibility index (Phi) is 5.01. The first-order valence-corrected chi connectivity index (χ1v) is 11.3. The van der Waals surface area contributed by atoms with Crippen molar-refractivity contribution < 1.29 is 9.47 Å². The molecule has 1 aromatic carbocycles. The maximum absolute atomic E-state index is 6.19. The van der Waals surface area contributed by atoms with Crippen LogP contribution in [0.1, 0.15) is 5.56 Å². The molecule has 0 atom stereocenters. The summed E-state index contributed by atoms with van der Waals surface area (Å²) in [5.41, 5.74) is 3.20. The van der Waals surface area contributed by atoms with Crippen molar-refractivity contribution >= 4 is 23.0 Å². The molecule has 0 spiro atoms. The molecule has 31 heavy (non-hydrogen) atoms. The number of morpholine rings is 1. The highest BCUT2D eigenvalue weighted by atomic mass is 16.5. The summed E-state index contributed by atoms with van der Waals surface area (Å²) >= 11 is 0. The Morgan fingerprint density at radius 3 is 2.55 bits per heavy atom. The van der Waals surface area contributed by atoms with Crippen LogP contribution in [0.25, 0.3) is 0 Å². The summed E-state index contributed by atoms with van der Waals surface area (Å²) in [6.45, 7) is 10.2. The van der Waals surface area contributed by atoms with Crippen LogP contribution in [0, 0.1) is 0 Å². The van der Waals surface area contributed by atoms with Gasteiger partial charge in [-0.15, -0.1) is 0 Å². The maximum Gasteiger partial charge on any atom is 0.143 e. The Labute approximate surface area is 182 Å². The Bertz CT molecular complexity index is 937. The van der Waals surface area contributed by atoms with Gasteiger partial charge in [-0.1, -0.05) is 0 Å². The summed E-state index contributed by atoms with van der Waals surface area (Å²) in [5, 5.41) is 6.91. The first kappa shape index (κ1) is 19.1. The average Bonchev–Trinajstić information content (AvgIpc) is 2.97. The van der Waals surface area contributed by atoms with Crippen LogP contribution in [0.4, 0.5) is 23.0 Å². The van der Waals surface area contributed by atoms with E-state index in [1.165, 1.54) is 5.69 Å². The highest BCUT2D eigenvalue weighted by Gasteiger charge is 2.28. The number of fused-ring (bicyclic) bond motifs is 2. The van der Waals surface area contributed by atoms with Gasteiger partial charge in [0, 0.05) is 64.1 Å². The number of benzene rings is 1. The molecule has 9 heteroatoms. The van der Waals surface area contributed by atoms with Crippen molar-refractivity contribution in [2.24, 2.45) is 0 Å². The standard InChI is InChI=1S/C22H29N7O2/c1-2-20-19(11-16(1)27-3-5-28(6-4-27)17-12-23-13-17)26-21-18(14-31-20)22(25-15-24-21)29-7-9-30-10-8-29/h1-2,11,15,17,23H,3-10,12-14H2,(H,24,25,26). The molecule has 0 aliphatic carbocycles. The molecule has 0 unspecified atom stereocenters. The minimum absolute atomic E-state index is 0.455. The Balaban J connectivity index is 1.21. The predicted octanol–water partition coefficient (Wildman–Crippen LogP) is 1.04. The van der Waals surface area contributed by atoms with E-state index in [4.69, 9.17) is 9.47 Å². The molecular formula is C22H29N7O2. The molecule has 9 nitrogen and oxygen atoms in total. The molecule has 0 radical (unpaired) electrons. The van der Waals surface area contributed by atoms with Crippen LogP contribution in [-0.2, 0) is 11.3 Å². The summed E-state index contributed by atoms with van der Waals surface area (Å²) in [6.07, 6.45) is 1.64. The van der Waals surface area contributed by atoms with E-state index in [0.717, 1.165) is 100 Å². The van der Waals surface area contributed by atoms with Crippen LogP contribution < -0.4 is 25.2 Å². The lowest BCUT2D eigenvalue weighted by Gasteiger charge is -2.44. The van der Waals surface area contributed by atoms with Crippen LogP contribution in [0.2, 0.25) is 0 Å². The predicted molar refractivity (Wildman–Crippen MR) is 120 cm³/mol. The van der Waals surface area contributed by atoms with E-state index in [1.807, 2.05) is 0 Å². The van der Waals surface area contributed by atoms with Gasteiger partial charge in [-0.05, 0) is 18.2 Å². The van der Waals surface area contributed by atoms with E-state index >= 15 is 0 Å². The number of anilines is 4. The minimum atomic E-state index is 0.455. The van der Waals surface area contributed by atoms with Gasteiger partial charge in [0.1, 0.15) is 30.3 Å². The molecule has 4 aliphatic heterocycles. The second-order valence-corrected chi connectivity index (χ2v) is 8.55. The van der Waals surface area contributed by atoms with Crippen molar-refractivity contribution in [1.29, 1.82) is 0 Å². The zero-order chi connectivity index (χ0) is 20.6. The van der Waals surface area contributed by atoms with Crippen molar-refractivity contribution in [1.82, 2.24) is 20.2 Å². The first-order chi connectivity index (χ1) is 15.3. The Hall–Kier alpha value is -2.62. The fraction of sp³-hybridized carbons (Fsp3) is 0.545. The third-order valence-corrected chi connectivity index (χ3v) is 6.78. The van der Waals surface area contributed by atoms with Gasteiger partial charge in [0.05, 0.1) is 24.5 Å². The van der Waals surface area contributed by atoms with Crippen molar-refractivity contribution in [3.63, 3.8) is 0 Å². The fourth-order valence-corrected chi connectivity index (χ4v) is 4.78. The Morgan fingerprint density at radius 2 is 1.77 bits per heavy atom. The van der Waals surface area contributed by atoms with Gasteiger partial charge < -0.3 is 29.9 Å².